The molecule has 0 unspecified atom stereocenters. The lowest BCUT2D eigenvalue weighted by molar-refractivity contribution is -0.333. The van der Waals surface area contributed by atoms with Gasteiger partial charge in [-0.2, -0.15) is 0 Å². The van der Waals surface area contributed by atoms with Crippen LogP contribution in [0.5, 0.6) is 0 Å². The third-order valence-electron chi connectivity index (χ3n) is 6.15. The number of halogens is 1. The van der Waals surface area contributed by atoms with Crippen LogP contribution in [0, 0.1) is 19.7 Å². The fourth-order valence-electron chi connectivity index (χ4n) is 3.92. The molecule has 2 amide bonds. The van der Waals surface area contributed by atoms with Crippen LogP contribution in [-0.2, 0) is 14.4 Å². The Kier molecular flexibility index (Phi) is 10.9. The number of benzene rings is 1. The molecule has 12 nitrogen and oxygen atoms in total. The second kappa shape index (κ2) is 13.6. The molecule has 39 heavy (non-hydrogen) atoms. The number of carbonyl (C=O) groups excluding carboxylic acids is 4. The average molecular weight is 547 g/mol. The van der Waals surface area contributed by atoms with E-state index >= 15 is 0 Å². The van der Waals surface area contributed by atoms with Crippen molar-refractivity contribution in [3.8, 4) is 0 Å². The van der Waals surface area contributed by atoms with E-state index in [1.807, 2.05) is 13.8 Å². The molecule has 5 N–H and O–H groups in total. The summed E-state index contributed by atoms with van der Waals surface area (Å²) in [5.41, 5.74) is 4.20. The Morgan fingerprint density at radius 3 is 2.23 bits per heavy atom. The van der Waals surface area contributed by atoms with E-state index in [4.69, 9.17) is 10.2 Å². The van der Waals surface area contributed by atoms with Crippen molar-refractivity contribution in [2.24, 2.45) is 0 Å². The van der Waals surface area contributed by atoms with Gasteiger partial charge in [0.15, 0.2) is 0 Å². The van der Waals surface area contributed by atoms with Gasteiger partial charge in [0.1, 0.15) is 18.0 Å². The van der Waals surface area contributed by atoms with E-state index in [1.165, 1.54) is 12.1 Å². The highest BCUT2D eigenvalue weighted by Gasteiger charge is 2.26. The molecule has 2 aromatic rings. The van der Waals surface area contributed by atoms with Gasteiger partial charge in [-0.15, -0.1) is 0 Å². The Morgan fingerprint density at radius 1 is 1.10 bits per heavy atom. The van der Waals surface area contributed by atoms with Gasteiger partial charge in [0, 0.05) is 35.7 Å². The van der Waals surface area contributed by atoms with Crippen molar-refractivity contribution in [3.63, 3.8) is 0 Å². The lowest BCUT2D eigenvalue weighted by Crippen LogP contribution is -2.51. The Balaban J connectivity index is 0.000000455. The summed E-state index contributed by atoms with van der Waals surface area (Å²) in [4.78, 5) is 49.7. The monoisotopic (exact) mass is 546 g/mol. The second-order valence-corrected chi connectivity index (χ2v) is 8.68. The predicted octanol–water partition coefficient (Wildman–Crippen LogP) is -1.46. The number of aromatic nitrogens is 1. The number of hydrogen-bond acceptors (Lipinski definition) is 9. The molecular formula is C26H31FN4O8-2. The number of amides is 2. The number of aromatic amines is 1. The summed E-state index contributed by atoms with van der Waals surface area (Å²) in [6.07, 6.45) is -3.20. The summed E-state index contributed by atoms with van der Waals surface area (Å²) >= 11 is 0. The molecule has 0 saturated carbocycles. The summed E-state index contributed by atoms with van der Waals surface area (Å²) in [5, 5.41) is 41.4. The summed E-state index contributed by atoms with van der Waals surface area (Å²) in [6, 6.07) is 4.20. The lowest BCUT2D eigenvalue weighted by Gasteiger charge is -2.18. The maximum Gasteiger partial charge on any atom is 0.256 e. The third-order valence-corrected chi connectivity index (χ3v) is 6.15. The molecule has 2 heterocycles. The third kappa shape index (κ3) is 7.72. The van der Waals surface area contributed by atoms with Crippen molar-refractivity contribution < 1.29 is 44.0 Å². The molecule has 1 aromatic carbocycles. The quantitative estimate of drug-likeness (QED) is 0.221. The van der Waals surface area contributed by atoms with Crippen molar-refractivity contribution in [1.29, 1.82) is 0 Å². The van der Waals surface area contributed by atoms with Gasteiger partial charge >= 0.3 is 0 Å². The smallest absolute Gasteiger partial charge is 0.256 e. The number of aliphatic hydroxyl groups is 2. The first kappa shape index (κ1) is 31.1. The first-order chi connectivity index (χ1) is 18.3. The van der Waals surface area contributed by atoms with Crippen LogP contribution in [0.15, 0.2) is 18.2 Å². The predicted molar refractivity (Wildman–Crippen MR) is 135 cm³/mol. The number of nitrogens with zero attached hydrogens (tertiary/aromatic N) is 1. The molecule has 1 aliphatic rings. The molecule has 3 rings (SSSR count). The van der Waals surface area contributed by atoms with E-state index in [0.29, 0.717) is 34.6 Å². The lowest BCUT2D eigenvalue weighted by atomic mass is 10.0. The number of likely N-dealkylation sites (N-methyl/N-ethyl adjacent to an activating group) is 1. The van der Waals surface area contributed by atoms with Crippen molar-refractivity contribution in [1.82, 2.24) is 15.2 Å². The largest absolute Gasteiger partial charge is 0.547 e. The fourth-order valence-corrected chi connectivity index (χ4v) is 3.92. The Bertz CT molecular complexity index is 1250. The van der Waals surface area contributed by atoms with Crippen LogP contribution in [0.1, 0.15) is 46.7 Å². The number of H-pyrrole nitrogens is 1. The van der Waals surface area contributed by atoms with Gasteiger partial charge in [-0.05, 0) is 56.8 Å². The number of fused-ring (bicyclic) bond motifs is 1. The van der Waals surface area contributed by atoms with E-state index in [0.717, 1.165) is 30.9 Å². The Labute approximate surface area is 224 Å². The maximum atomic E-state index is 13.7. The van der Waals surface area contributed by atoms with Gasteiger partial charge in [0.2, 0.25) is 0 Å². The molecule has 0 saturated heterocycles. The van der Waals surface area contributed by atoms with Gasteiger partial charge in [-0.3, -0.25) is 9.59 Å². The van der Waals surface area contributed by atoms with Gasteiger partial charge in [0.25, 0.3) is 11.8 Å². The van der Waals surface area contributed by atoms with E-state index in [1.54, 1.807) is 12.1 Å². The average Bonchev–Trinajstić information content (AvgIpc) is 3.35. The molecular weight excluding hydrogens is 515 g/mol. The summed E-state index contributed by atoms with van der Waals surface area (Å²) < 4.78 is 13.7. The number of aliphatic hydroxyl groups excluding tert-OH is 2. The molecule has 2 atom stereocenters. The van der Waals surface area contributed by atoms with Crippen molar-refractivity contribution in [3.05, 3.63) is 52.1 Å². The van der Waals surface area contributed by atoms with Crippen molar-refractivity contribution >= 4 is 41.1 Å². The van der Waals surface area contributed by atoms with Crippen molar-refractivity contribution in [2.75, 3.05) is 31.5 Å². The zero-order valence-corrected chi connectivity index (χ0v) is 22.0. The normalized spacial score (nSPS) is 14.8. The molecule has 1 aliphatic heterocycles. The van der Waals surface area contributed by atoms with Crippen LogP contribution in [0.2, 0.25) is 0 Å². The highest BCUT2D eigenvalue weighted by molar-refractivity contribution is 6.34. The van der Waals surface area contributed by atoms with E-state index < -0.39 is 30.0 Å². The molecule has 0 radical (unpaired) electrons. The first-order valence-corrected chi connectivity index (χ1v) is 12.1. The zero-order valence-electron chi connectivity index (χ0n) is 22.0. The summed E-state index contributed by atoms with van der Waals surface area (Å²) in [5.74, 6) is -4.95. The number of rotatable bonds is 10. The highest BCUT2D eigenvalue weighted by atomic mass is 19.1. The van der Waals surface area contributed by atoms with Gasteiger partial charge in [-0.25, -0.2) is 4.39 Å². The number of hydrogen-bond donors (Lipinski definition) is 5. The zero-order chi connectivity index (χ0) is 29.4. The van der Waals surface area contributed by atoms with Gasteiger partial charge in [-0.1, -0.05) is 13.8 Å². The standard InChI is InChI=1S/C22H27FN4O2.C4H6O6/c1-5-27(6-2)10-9-24-22(29)20-13(3)19(25-14(20)4)12-17-16-11-15(23)7-8-18(16)26-21(17)28;5-1(3(7)8)2(6)4(9)10/h7-8,11-12,25H,5-6,9-10H2,1-4H3,(H,24,29)(H,26,28);1-2,5-6H,(H,7,8)(H,9,10)/p-2/b17-12-;/t;1-,2-/m.1/s1. The molecule has 0 spiro atoms. The topological polar surface area (TPSA) is 198 Å². The van der Waals surface area contributed by atoms with Crippen LogP contribution in [0.25, 0.3) is 11.6 Å². The second-order valence-electron chi connectivity index (χ2n) is 8.68. The Morgan fingerprint density at radius 2 is 1.69 bits per heavy atom. The van der Waals surface area contributed by atoms with E-state index in [2.05, 4.69) is 34.4 Å². The number of anilines is 1. The van der Waals surface area contributed by atoms with Crippen LogP contribution in [-0.4, -0.2) is 82.2 Å². The minimum Gasteiger partial charge on any atom is -0.547 e. The fraction of sp³-hybridized carbons (Fsp3) is 0.385. The summed E-state index contributed by atoms with van der Waals surface area (Å²) in [6.45, 7) is 11.1. The molecule has 0 aliphatic carbocycles. The SMILES string of the molecule is CCN(CC)CCNC(=O)c1c(C)[nH]c(/C=C2\C(=O)Nc3ccc(F)cc32)c1C.O=C([O-])[C@H](O)[C@@H](O)C(=O)[O-]. The number of carbonyl (C=O) groups is 4. The number of carboxylic acids is 2. The molecule has 1 aromatic heterocycles. The minimum absolute atomic E-state index is 0.143. The molecule has 13 heteroatoms. The number of carboxylic acid groups (broad SMARTS) is 2. The maximum absolute atomic E-state index is 13.7. The number of aliphatic carboxylic acids is 2. The van der Waals surface area contributed by atoms with E-state index in [-0.39, 0.29) is 11.8 Å². The molecule has 0 bridgehead atoms. The summed E-state index contributed by atoms with van der Waals surface area (Å²) in [7, 11) is 0. The van der Waals surface area contributed by atoms with Crippen LogP contribution >= 0.6 is 0 Å². The Hall–Kier alpha value is -4.07. The van der Waals surface area contributed by atoms with Crippen LogP contribution in [0.3, 0.4) is 0 Å². The highest BCUT2D eigenvalue weighted by Crippen LogP contribution is 2.34. The van der Waals surface area contributed by atoms with Gasteiger partial charge in [0.05, 0.1) is 23.1 Å². The van der Waals surface area contributed by atoms with Crippen LogP contribution < -0.4 is 20.8 Å². The number of nitrogens with one attached hydrogen (secondary N) is 3. The van der Waals surface area contributed by atoms with Crippen LogP contribution in [0.4, 0.5) is 10.1 Å². The number of aryl methyl sites for hydroxylation is 1. The van der Waals surface area contributed by atoms with Crippen molar-refractivity contribution in [2.45, 2.75) is 39.9 Å². The van der Waals surface area contributed by atoms with E-state index in [9.17, 15) is 33.8 Å². The molecule has 212 valence electrons. The minimum atomic E-state index is -2.44. The first-order valence-electron chi connectivity index (χ1n) is 12.1. The molecule has 0 fully saturated rings. The van der Waals surface area contributed by atoms with Gasteiger partial charge < -0.3 is 50.5 Å².